The third kappa shape index (κ3) is 3.22. The van der Waals surface area contributed by atoms with Crippen molar-refractivity contribution in [3.8, 4) is 5.75 Å². The van der Waals surface area contributed by atoms with Crippen LogP contribution < -0.4 is 15.0 Å². The highest BCUT2D eigenvalue weighted by molar-refractivity contribution is 5.58. The Kier molecular flexibility index (Phi) is 4.58. The van der Waals surface area contributed by atoms with Gasteiger partial charge in [-0.1, -0.05) is 12.1 Å². The molecule has 0 radical (unpaired) electrons. The molecule has 6 heteroatoms. The minimum absolute atomic E-state index is 0.530. The largest absolute Gasteiger partial charge is 0.495 e. The highest BCUT2D eigenvalue weighted by Gasteiger charge is 2.21. The second-order valence-electron chi connectivity index (χ2n) is 5.61. The number of piperidine rings is 1. The molecule has 1 aliphatic rings. The molecule has 1 fully saturated rings. The fourth-order valence-corrected chi connectivity index (χ4v) is 2.93. The lowest BCUT2D eigenvalue weighted by atomic mass is 10.0. The number of ether oxygens (including phenoxy) is 1. The van der Waals surface area contributed by atoms with Gasteiger partial charge in [-0.25, -0.2) is 4.98 Å². The molecule has 6 nitrogen and oxygen atoms in total. The summed E-state index contributed by atoms with van der Waals surface area (Å²) in [5.74, 6) is 1.93. The number of hydrogen-bond acceptors (Lipinski definition) is 5. The molecule has 2 heterocycles. The van der Waals surface area contributed by atoms with Gasteiger partial charge in [0.2, 0.25) is 0 Å². The Morgan fingerprint density at radius 1 is 1.27 bits per heavy atom. The molecular weight excluding hydrogens is 278 g/mol. The van der Waals surface area contributed by atoms with Gasteiger partial charge in [0, 0.05) is 26.2 Å². The van der Waals surface area contributed by atoms with E-state index >= 15 is 0 Å². The lowest BCUT2D eigenvalue weighted by Gasteiger charge is -2.34. The second kappa shape index (κ2) is 6.79. The van der Waals surface area contributed by atoms with Gasteiger partial charge in [0.1, 0.15) is 17.9 Å². The first-order valence-electron chi connectivity index (χ1n) is 7.72. The monoisotopic (exact) mass is 301 g/mol. The minimum atomic E-state index is 0.530. The number of nitrogens with one attached hydrogen (secondary N) is 1. The zero-order valence-corrected chi connectivity index (χ0v) is 13.2. The molecule has 1 N–H and O–H groups in total. The summed E-state index contributed by atoms with van der Waals surface area (Å²) in [7, 11) is 3.66. The third-order valence-electron chi connectivity index (χ3n) is 4.27. The lowest BCUT2D eigenvalue weighted by molar-refractivity contribution is 0.393. The van der Waals surface area contributed by atoms with Crippen LogP contribution in [0.2, 0.25) is 0 Å². The van der Waals surface area contributed by atoms with Gasteiger partial charge in [-0.2, -0.15) is 5.10 Å². The summed E-state index contributed by atoms with van der Waals surface area (Å²) >= 11 is 0. The van der Waals surface area contributed by atoms with Crippen molar-refractivity contribution >= 4 is 5.69 Å². The van der Waals surface area contributed by atoms with E-state index in [1.54, 1.807) is 13.4 Å². The summed E-state index contributed by atoms with van der Waals surface area (Å²) in [5, 5.41) is 7.68. The van der Waals surface area contributed by atoms with Gasteiger partial charge in [-0.15, -0.1) is 0 Å². The van der Waals surface area contributed by atoms with Crippen molar-refractivity contribution in [2.45, 2.75) is 25.4 Å². The van der Waals surface area contributed by atoms with Crippen molar-refractivity contribution in [3.63, 3.8) is 0 Å². The van der Waals surface area contributed by atoms with Crippen molar-refractivity contribution in [3.05, 3.63) is 36.4 Å². The zero-order chi connectivity index (χ0) is 15.4. The van der Waals surface area contributed by atoms with Gasteiger partial charge >= 0.3 is 0 Å². The van der Waals surface area contributed by atoms with Gasteiger partial charge in [0.05, 0.1) is 19.3 Å². The summed E-state index contributed by atoms with van der Waals surface area (Å²) in [6.45, 7) is 2.85. The van der Waals surface area contributed by atoms with Crippen LogP contribution in [-0.2, 0) is 13.6 Å². The molecule has 0 atom stereocenters. The average molecular weight is 301 g/mol. The topological polar surface area (TPSA) is 55.2 Å². The number of methoxy groups -OCH3 is 1. The molecule has 1 aromatic heterocycles. The summed E-state index contributed by atoms with van der Waals surface area (Å²) < 4.78 is 7.28. The summed E-state index contributed by atoms with van der Waals surface area (Å²) in [5.41, 5.74) is 1.19. The van der Waals surface area contributed by atoms with Crippen LogP contribution in [-0.4, -0.2) is 41.0 Å². The first-order valence-corrected chi connectivity index (χ1v) is 7.72. The van der Waals surface area contributed by atoms with Crippen molar-refractivity contribution < 1.29 is 4.74 Å². The van der Waals surface area contributed by atoms with E-state index in [4.69, 9.17) is 4.74 Å². The van der Waals surface area contributed by atoms with Crippen LogP contribution in [0.1, 0.15) is 18.7 Å². The molecule has 3 rings (SSSR count). The van der Waals surface area contributed by atoms with E-state index in [0.29, 0.717) is 6.04 Å². The Morgan fingerprint density at radius 3 is 2.73 bits per heavy atom. The normalized spacial score (nSPS) is 16.0. The molecule has 1 saturated heterocycles. The second-order valence-corrected chi connectivity index (χ2v) is 5.61. The van der Waals surface area contributed by atoms with Crippen LogP contribution >= 0.6 is 0 Å². The standard InChI is InChI=1S/C16H23N5O/c1-20-16(18-12-19-20)11-17-13-7-9-21(10-8-13)14-5-3-4-6-15(14)22-2/h3-6,12-13,17H,7-11H2,1-2H3. The van der Waals surface area contributed by atoms with E-state index in [2.05, 4.69) is 32.4 Å². The maximum Gasteiger partial charge on any atom is 0.142 e. The van der Waals surface area contributed by atoms with Gasteiger partial charge in [-0.05, 0) is 25.0 Å². The summed E-state index contributed by atoms with van der Waals surface area (Å²) in [6.07, 6.45) is 3.84. The quantitative estimate of drug-likeness (QED) is 0.909. The van der Waals surface area contributed by atoms with Crippen LogP contribution in [0.15, 0.2) is 30.6 Å². The first kappa shape index (κ1) is 14.8. The fraction of sp³-hybridized carbons (Fsp3) is 0.500. The van der Waals surface area contributed by atoms with Crippen molar-refractivity contribution in [2.24, 2.45) is 7.05 Å². The number of aryl methyl sites for hydroxylation is 1. The Bertz CT molecular complexity index is 604. The molecule has 1 aromatic carbocycles. The number of nitrogens with zero attached hydrogens (tertiary/aromatic N) is 4. The SMILES string of the molecule is COc1ccccc1N1CCC(NCc2ncnn2C)CC1. The Balaban J connectivity index is 1.53. The van der Waals surface area contributed by atoms with E-state index in [9.17, 15) is 0 Å². The zero-order valence-electron chi connectivity index (χ0n) is 13.2. The summed E-state index contributed by atoms with van der Waals surface area (Å²) in [4.78, 5) is 6.65. The molecule has 118 valence electrons. The molecule has 0 spiro atoms. The Morgan fingerprint density at radius 2 is 2.05 bits per heavy atom. The van der Waals surface area contributed by atoms with Gasteiger partial charge < -0.3 is 15.0 Å². The molecule has 2 aromatic rings. The number of hydrogen-bond donors (Lipinski definition) is 1. The van der Waals surface area contributed by atoms with Gasteiger partial charge in [0.25, 0.3) is 0 Å². The van der Waals surface area contributed by atoms with Crippen molar-refractivity contribution in [1.29, 1.82) is 0 Å². The van der Waals surface area contributed by atoms with Crippen LogP contribution in [0.5, 0.6) is 5.75 Å². The number of para-hydroxylation sites is 2. The van der Waals surface area contributed by atoms with E-state index in [1.807, 2.05) is 23.9 Å². The van der Waals surface area contributed by atoms with Crippen molar-refractivity contribution in [1.82, 2.24) is 20.1 Å². The van der Waals surface area contributed by atoms with Gasteiger partial charge in [-0.3, -0.25) is 4.68 Å². The molecule has 0 aliphatic carbocycles. The third-order valence-corrected chi connectivity index (χ3v) is 4.27. The van der Waals surface area contributed by atoms with Crippen LogP contribution in [0, 0.1) is 0 Å². The minimum Gasteiger partial charge on any atom is -0.495 e. The molecule has 0 unspecified atom stereocenters. The predicted octanol–water partition coefficient (Wildman–Crippen LogP) is 1.58. The molecule has 0 bridgehead atoms. The van der Waals surface area contributed by atoms with E-state index < -0.39 is 0 Å². The highest BCUT2D eigenvalue weighted by atomic mass is 16.5. The number of rotatable bonds is 5. The first-order chi connectivity index (χ1) is 10.8. The molecular formula is C16H23N5O. The number of benzene rings is 1. The van der Waals surface area contributed by atoms with E-state index in [1.165, 1.54) is 5.69 Å². The Hall–Kier alpha value is -2.08. The fourth-order valence-electron chi connectivity index (χ4n) is 2.93. The smallest absolute Gasteiger partial charge is 0.142 e. The predicted molar refractivity (Wildman–Crippen MR) is 86.1 cm³/mol. The molecule has 1 aliphatic heterocycles. The maximum atomic E-state index is 5.46. The lowest BCUT2D eigenvalue weighted by Crippen LogP contribution is -2.42. The molecule has 0 amide bonds. The number of anilines is 1. The Labute approximate surface area is 131 Å². The number of aromatic nitrogens is 3. The van der Waals surface area contributed by atoms with Crippen LogP contribution in [0.25, 0.3) is 0 Å². The molecule has 0 saturated carbocycles. The average Bonchev–Trinajstić information content (AvgIpc) is 2.98. The van der Waals surface area contributed by atoms with E-state index in [-0.39, 0.29) is 0 Å². The maximum absolute atomic E-state index is 5.46. The van der Waals surface area contributed by atoms with E-state index in [0.717, 1.165) is 44.0 Å². The van der Waals surface area contributed by atoms with Crippen LogP contribution in [0.3, 0.4) is 0 Å². The van der Waals surface area contributed by atoms with Crippen molar-refractivity contribution in [2.75, 3.05) is 25.1 Å². The van der Waals surface area contributed by atoms with Gasteiger partial charge in [0.15, 0.2) is 0 Å². The summed E-state index contributed by atoms with van der Waals surface area (Å²) in [6, 6.07) is 8.76. The highest BCUT2D eigenvalue weighted by Crippen LogP contribution is 2.29. The van der Waals surface area contributed by atoms with Crippen LogP contribution in [0.4, 0.5) is 5.69 Å². The molecule has 22 heavy (non-hydrogen) atoms.